The second kappa shape index (κ2) is 7.44. The summed E-state index contributed by atoms with van der Waals surface area (Å²) in [6.07, 6.45) is 1.55. The minimum absolute atomic E-state index is 0.0392. The van der Waals surface area contributed by atoms with Gasteiger partial charge in [0, 0.05) is 11.0 Å². The number of aliphatic imine (C=N–C) groups is 1. The summed E-state index contributed by atoms with van der Waals surface area (Å²) in [5.74, 6) is -0.474. The Hall–Kier alpha value is -3.21. The molecule has 0 spiro atoms. The maximum Gasteiger partial charge on any atom is 0.344 e. The van der Waals surface area contributed by atoms with Crippen molar-refractivity contribution in [3.8, 4) is 5.75 Å². The van der Waals surface area contributed by atoms with E-state index in [-0.39, 0.29) is 10.1 Å². The summed E-state index contributed by atoms with van der Waals surface area (Å²) >= 11 is 12.4. The maximum atomic E-state index is 13.0. The summed E-state index contributed by atoms with van der Waals surface area (Å²) in [5.41, 5.74) is 2.53. The Morgan fingerprint density at radius 2 is 1.75 bits per heavy atom. The van der Waals surface area contributed by atoms with Crippen molar-refractivity contribution >= 4 is 57.1 Å². The molecule has 2 aliphatic rings. The molecule has 0 saturated carbocycles. The fourth-order valence-electron chi connectivity index (χ4n) is 4.28. The molecule has 1 aliphatic heterocycles. The second-order valence-corrected chi connectivity index (χ2v) is 9.01. The lowest BCUT2D eigenvalue weighted by molar-refractivity contribution is -0.111. The lowest BCUT2D eigenvalue weighted by Gasteiger charge is -2.36. The summed E-state index contributed by atoms with van der Waals surface area (Å²) in [7, 11) is 0. The van der Waals surface area contributed by atoms with Gasteiger partial charge in [-0.3, -0.25) is 4.79 Å². The number of esters is 1. The first-order valence-electron chi connectivity index (χ1n) is 10.0. The van der Waals surface area contributed by atoms with Crippen LogP contribution in [0.4, 0.5) is 5.69 Å². The van der Waals surface area contributed by atoms with E-state index < -0.39 is 17.2 Å². The molecule has 4 nitrogen and oxygen atoms in total. The van der Waals surface area contributed by atoms with Gasteiger partial charge in [0.05, 0.1) is 27.0 Å². The van der Waals surface area contributed by atoms with Crippen LogP contribution in [-0.4, -0.2) is 17.5 Å². The molecule has 0 unspecified atom stereocenters. The SMILES string of the molecule is CC1(C)C2=C(Cl)C(=O)C(Cl)=CC2=Nc2ccc(OC(=O)c3cccc4ccccc34)cc21. The maximum absolute atomic E-state index is 13.0. The van der Waals surface area contributed by atoms with Gasteiger partial charge in [-0.25, -0.2) is 9.79 Å². The van der Waals surface area contributed by atoms with Crippen LogP contribution >= 0.6 is 23.2 Å². The van der Waals surface area contributed by atoms with E-state index in [1.54, 1.807) is 30.3 Å². The predicted molar refractivity (Wildman–Crippen MR) is 127 cm³/mol. The molecule has 0 saturated heterocycles. The molecule has 3 aromatic rings. The normalized spacial score (nSPS) is 16.8. The Bertz CT molecular complexity index is 1420. The summed E-state index contributed by atoms with van der Waals surface area (Å²) < 4.78 is 5.73. The van der Waals surface area contributed by atoms with Crippen LogP contribution in [0.25, 0.3) is 10.8 Å². The standard InChI is InChI=1S/C26H17Cl2NO3/c1-26(2)18-12-15(32-25(31)17-9-5-7-14-6-3-4-8-16(14)17)10-11-20(18)29-21-13-19(27)24(30)23(28)22(21)26/h3-13H,1-2H3. The molecule has 3 aromatic carbocycles. The van der Waals surface area contributed by atoms with Crippen LogP contribution in [0, 0.1) is 0 Å². The van der Waals surface area contributed by atoms with Crippen LogP contribution in [0.5, 0.6) is 5.75 Å². The molecule has 158 valence electrons. The highest BCUT2D eigenvalue weighted by atomic mass is 35.5. The van der Waals surface area contributed by atoms with E-state index >= 15 is 0 Å². The van der Waals surface area contributed by atoms with E-state index in [9.17, 15) is 9.59 Å². The number of hydrogen-bond donors (Lipinski definition) is 0. The quantitative estimate of drug-likeness (QED) is 0.244. The molecular formula is C26H17Cl2NO3. The average Bonchev–Trinajstić information content (AvgIpc) is 2.77. The topological polar surface area (TPSA) is 55.7 Å². The molecule has 32 heavy (non-hydrogen) atoms. The highest BCUT2D eigenvalue weighted by molar-refractivity contribution is 6.58. The molecule has 0 amide bonds. The molecule has 1 aliphatic carbocycles. The molecule has 0 atom stereocenters. The molecule has 1 heterocycles. The predicted octanol–water partition coefficient (Wildman–Crippen LogP) is 6.62. The van der Waals surface area contributed by atoms with E-state index in [1.165, 1.54) is 0 Å². The monoisotopic (exact) mass is 461 g/mol. The Kier molecular flexibility index (Phi) is 4.81. The molecule has 6 heteroatoms. The summed E-state index contributed by atoms with van der Waals surface area (Å²) in [6, 6.07) is 18.5. The molecule has 5 rings (SSSR count). The van der Waals surface area contributed by atoms with Crippen molar-refractivity contribution in [3.05, 3.63) is 93.5 Å². The minimum atomic E-state index is -0.644. The molecular weight excluding hydrogens is 445 g/mol. The Morgan fingerprint density at radius 3 is 2.56 bits per heavy atom. The van der Waals surface area contributed by atoms with Crippen LogP contribution in [0.3, 0.4) is 0 Å². The largest absolute Gasteiger partial charge is 0.423 e. The number of hydrogen-bond acceptors (Lipinski definition) is 4. The van der Waals surface area contributed by atoms with Gasteiger partial charge in [0.15, 0.2) is 0 Å². The number of carbonyl (C=O) groups excluding carboxylic acids is 2. The van der Waals surface area contributed by atoms with Gasteiger partial charge in [0.1, 0.15) is 5.75 Å². The van der Waals surface area contributed by atoms with Crippen LogP contribution in [-0.2, 0) is 10.2 Å². The third-order valence-electron chi connectivity index (χ3n) is 5.88. The third kappa shape index (κ3) is 3.19. The number of ketones is 1. The number of ether oxygens (including phenoxy) is 1. The van der Waals surface area contributed by atoms with Gasteiger partial charge >= 0.3 is 5.97 Å². The van der Waals surface area contributed by atoms with Crippen LogP contribution in [0.2, 0.25) is 0 Å². The number of nitrogens with zero attached hydrogens (tertiary/aromatic N) is 1. The summed E-state index contributed by atoms with van der Waals surface area (Å²) in [5, 5.41) is 1.89. The van der Waals surface area contributed by atoms with E-state index in [0.717, 1.165) is 16.3 Å². The molecule has 0 bridgehead atoms. The van der Waals surface area contributed by atoms with Crippen LogP contribution in [0.1, 0.15) is 29.8 Å². The minimum Gasteiger partial charge on any atom is -0.423 e. The van der Waals surface area contributed by atoms with Gasteiger partial charge in [-0.2, -0.15) is 0 Å². The lowest BCUT2D eigenvalue weighted by Crippen LogP contribution is -2.32. The average molecular weight is 462 g/mol. The van der Waals surface area contributed by atoms with E-state index in [0.29, 0.717) is 28.3 Å². The van der Waals surface area contributed by atoms with Gasteiger partial charge in [-0.05, 0) is 46.7 Å². The Balaban J connectivity index is 1.55. The van der Waals surface area contributed by atoms with Crippen LogP contribution in [0.15, 0.2) is 87.4 Å². The van der Waals surface area contributed by atoms with Crippen molar-refractivity contribution in [1.82, 2.24) is 0 Å². The van der Waals surface area contributed by atoms with Crippen molar-refractivity contribution in [2.75, 3.05) is 0 Å². The van der Waals surface area contributed by atoms with Gasteiger partial charge in [0.2, 0.25) is 5.78 Å². The first-order valence-corrected chi connectivity index (χ1v) is 10.8. The molecule has 0 N–H and O–H groups in total. The van der Waals surface area contributed by atoms with Crippen molar-refractivity contribution in [2.24, 2.45) is 4.99 Å². The molecule has 0 aromatic heterocycles. The van der Waals surface area contributed by atoms with E-state index in [4.69, 9.17) is 27.9 Å². The highest BCUT2D eigenvalue weighted by Gasteiger charge is 2.40. The van der Waals surface area contributed by atoms with Crippen molar-refractivity contribution in [1.29, 1.82) is 0 Å². The van der Waals surface area contributed by atoms with Crippen molar-refractivity contribution in [2.45, 2.75) is 19.3 Å². The van der Waals surface area contributed by atoms with Crippen LogP contribution < -0.4 is 4.74 Å². The van der Waals surface area contributed by atoms with Gasteiger partial charge in [-0.15, -0.1) is 0 Å². The summed E-state index contributed by atoms with van der Waals surface area (Å²) in [6.45, 7) is 3.91. The van der Waals surface area contributed by atoms with E-state index in [1.807, 2.05) is 50.2 Å². The zero-order valence-electron chi connectivity index (χ0n) is 17.3. The molecule has 0 fully saturated rings. The number of halogens is 2. The zero-order chi connectivity index (χ0) is 22.6. The smallest absolute Gasteiger partial charge is 0.344 e. The van der Waals surface area contributed by atoms with Gasteiger partial charge < -0.3 is 4.74 Å². The first kappa shape index (κ1) is 20.7. The lowest BCUT2D eigenvalue weighted by atomic mass is 9.71. The third-order valence-corrected chi connectivity index (χ3v) is 6.52. The fraction of sp³-hybridized carbons (Fsp3) is 0.115. The Morgan fingerprint density at radius 1 is 1.00 bits per heavy atom. The van der Waals surface area contributed by atoms with Gasteiger partial charge in [0.25, 0.3) is 0 Å². The fourth-order valence-corrected chi connectivity index (χ4v) is 4.96. The molecule has 0 radical (unpaired) electrons. The van der Waals surface area contributed by atoms with Gasteiger partial charge in [-0.1, -0.05) is 73.4 Å². The number of Topliss-reactive ketones (excluding diaryl/α,β-unsaturated/α-hetero) is 1. The highest BCUT2D eigenvalue weighted by Crippen LogP contribution is 2.47. The number of rotatable bonds is 2. The number of fused-ring (bicyclic) bond motifs is 3. The number of carbonyl (C=O) groups is 2. The first-order chi connectivity index (χ1) is 15.3. The second-order valence-electron chi connectivity index (χ2n) is 8.23. The van der Waals surface area contributed by atoms with E-state index in [2.05, 4.69) is 4.99 Å². The van der Waals surface area contributed by atoms with Crippen molar-refractivity contribution in [3.63, 3.8) is 0 Å². The number of benzene rings is 3. The Labute approximate surface area is 194 Å². The van der Waals surface area contributed by atoms with Crippen molar-refractivity contribution < 1.29 is 14.3 Å². The summed E-state index contributed by atoms with van der Waals surface area (Å²) in [4.78, 5) is 29.9. The number of allylic oxidation sites excluding steroid dienone is 4. The zero-order valence-corrected chi connectivity index (χ0v) is 18.8.